The minimum atomic E-state index is -0.456. The molecule has 0 bridgehead atoms. The van der Waals surface area contributed by atoms with Gasteiger partial charge in [0, 0.05) is 63.1 Å². The average Bonchev–Trinajstić information content (AvgIpc) is 3.58. The Morgan fingerprint density at radius 3 is 1.78 bits per heavy atom. The summed E-state index contributed by atoms with van der Waals surface area (Å²) in [5.74, 6) is 1.91. The number of nitrogens with zero attached hydrogens (tertiary/aromatic N) is 6. The van der Waals surface area contributed by atoms with Crippen molar-refractivity contribution in [2.24, 2.45) is 15.7 Å². The Hall–Kier alpha value is -6.16. The molecule has 294 valence electrons. The summed E-state index contributed by atoms with van der Waals surface area (Å²) in [6, 6.07) is 28.4. The van der Waals surface area contributed by atoms with Crippen molar-refractivity contribution >= 4 is 53.1 Å². The number of nitrogens with two attached hydrogens (primary N) is 1. The Labute approximate surface area is 340 Å². The topological polar surface area (TPSA) is 115 Å². The molecule has 2 saturated heterocycles. The first-order chi connectivity index (χ1) is 28.2. The fraction of sp³-hybridized carbons (Fsp3) is 0.333. The normalized spacial score (nSPS) is 18.7. The number of hydrogen-bond donors (Lipinski definition) is 1. The van der Waals surface area contributed by atoms with Crippen LogP contribution in [0.15, 0.2) is 100 Å². The highest BCUT2D eigenvalue weighted by Crippen LogP contribution is 2.42. The average molecular weight is 773 g/mol. The van der Waals surface area contributed by atoms with Gasteiger partial charge in [0.15, 0.2) is 12.1 Å². The van der Waals surface area contributed by atoms with Crippen LogP contribution in [0.1, 0.15) is 90.6 Å². The third kappa shape index (κ3) is 7.16. The van der Waals surface area contributed by atoms with E-state index in [1.54, 1.807) is 11.5 Å². The zero-order valence-electron chi connectivity index (χ0n) is 33.4. The lowest BCUT2D eigenvalue weighted by atomic mass is 10.00. The van der Waals surface area contributed by atoms with E-state index in [9.17, 15) is 14.4 Å². The van der Waals surface area contributed by atoms with Crippen molar-refractivity contribution in [3.63, 3.8) is 0 Å². The fourth-order valence-electron chi connectivity index (χ4n) is 8.92. The molecule has 10 nitrogen and oxygen atoms in total. The molecule has 0 unspecified atom stereocenters. The molecule has 58 heavy (non-hydrogen) atoms. The Kier molecular flexibility index (Phi) is 9.87. The van der Waals surface area contributed by atoms with E-state index in [1.165, 1.54) is 28.2 Å². The van der Waals surface area contributed by atoms with Gasteiger partial charge < -0.3 is 20.4 Å². The van der Waals surface area contributed by atoms with Gasteiger partial charge in [0.2, 0.25) is 5.54 Å². The molecule has 1 saturated carbocycles. The molecule has 4 aromatic rings. The molecule has 10 heteroatoms. The summed E-state index contributed by atoms with van der Waals surface area (Å²) in [7, 11) is 0. The lowest BCUT2D eigenvalue weighted by Crippen LogP contribution is -2.43. The zero-order valence-corrected chi connectivity index (χ0v) is 33.4. The SMILES string of the molecule is CC(=O)[N+]1=Cc2ccc(-c3ccc(C(=O)N4CCCC4)cc3)cc2N=C(N)C12CC2.CC1=Cc2ccc(-c3ccc(C(=O)N4CCCC4)cc3)cc2N2CCN=C2C1. The third-order valence-electron chi connectivity index (χ3n) is 12.3. The van der Waals surface area contributed by atoms with Crippen LogP contribution in [0.3, 0.4) is 0 Å². The monoisotopic (exact) mass is 772 g/mol. The van der Waals surface area contributed by atoms with E-state index in [0.29, 0.717) is 5.84 Å². The van der Waals surface area contributed by atoms with E-state index in [4.69, 9.17) is 10.7 Å². The molecule has 4 aromatic carbocycles. The Morgan fingerprint density at radius 1 is 0.690 bits per heavy atom. The second-order valence-corrected chi connectivity index (χ2v) is 16.4. The molecule has 0 atom stereocenters. The number of amides is 3. The number of carbonyl (C=O) groups excluding carboxylic acids is 3. The summed E-state index contributed by atoms with van der Waals surface area (Å²) in [5, 5.41) is 0. The van der Waals surface area contributed by atoms with Crippen molar-refractivity contribution in [2.45, 2.75) is 64.3 Å². The minimum absolute atomic E-state index is 0.0270. The number of anilines is 1. The number of fused-ring (bicyclic) bond motifs is 4. The van der Waals surface area contributed by atoms with Gasteiger partial charge in [-0.1, -0.05) is 54.1 Å². The maximum Gasteiger partial charge on any atom is 0.384 e. The Morgan fingerprint density at radius 2 is 1.22 bits per heavy atom. The number of carbonyl (C=O) groups is 3. The maximum absolute atomic E-state index is 12.6. The molecule has 1 spiro atoms. The van der Waals surface area contributed by atoms with Crippen molar-refractivity contribution in [1.82, 2.24) is 9.80 Å². The molecule has 3 fully saturated rings. The number of amidine groups is 2. The van der Waals surface area contributed by atoms with Crippen molar-refractivity contribution in [3.8, 4) is 22.3 Å². The predicted octanol–water partition coefficient (Wildman–Crippen LogP) is 7.72. The van der Waals surface area contributed by atoms with Gasteiger partial charge in [-0.25, -0.2) is 9.79 Å². The van der Waals surface area contributed by atoms with Gasteiger partial charge in [-0.3, -0.25) is 14.6 Å². The molecule has 6 aliphatic rings. The highest BCUT2D eigenvalue weighted by atomic mass is 16.2. The van der Waals surface area contributed by atoms with E-state index in [2.05, 4.69) is 53.2 Å². The van der Waals surface area contributed by atoms with Crippen LogP contribution in [0.4, 0.5) is 11.4 Å². The van der Waals surface area contributed by atoms with E-state index in [1.807, 2.05) is 70.6 Å². The standard InChI is InChI=1S/C24H24N4O2.C24H25N3O/c1-16(29)28-15-20-9-8-19(14-21(20)26-23(25)24(28)10-11-24)17-4-6-18(7-5-17)22(30)27-12-2-3-13-27;1-17-14-21-9-8-20(16-22(21)27-13-10-25-23(27)15-17)18-4-6-19(7-5-18)24(28)26-11-2-3-12-26/h4-9,14-15,25H,2-3,10-13H2,1H3;4-9,14,16H,2-3,10-13,15H2,1H3/p+1. The summed E-state index contributed by atoms with van der Waals surface area (Å²) in [5.41, 5.74) is 17.2. The van der Waals surface area contributed by atoms with Gasteiger partial charge in [0.05, 0.1) is 30.4 Å². The predicted molar refractivity (Wildman–Crippen MR) is 231 cm³/mol. The van der Waals surface area contributed by atoms with E-state index < -0.39 is 5.54 Å². The van der Waals surface area contributed by atoms with Gasteiger partial charge in [0.25, 0.3) is 11.8 Å². The second-order valence-electron chi connectivity index (χ2n) is 16.4. The number of likely N-dealkylation sites (tertiary alicyclic amines) is 2. The van der Waals surface area contributed by atoms with Gasteiger partial charge >= 0.3 is 5.91 Å². The zero-order chi connectivity index (χ0) is 40.0. The maximum atomic E-state index is 12.6. The molecule has 10 rings (SSSR count). The second kappa shape index (κ2) is 15.3. The van der Waals surface area contributed by atoms with Crippen molar-refractivity contribution in [1.29, 1.82) is 0 Å². The van der Waals surface area contributed by atoms with Gasteiger partial charge in [-0.05, 0) is 103 Å². The van der Waals surface area contributed by atoms with Crippen LogP contribution in [-0.4, -0.2) is 94.8 Å². The molecular formula is C48H50N7O3+. The van der Waals surface area contributed by atoms with Crippen LogP contribution < -0.4 is 10.6 Å². The van der Waals surface area contributed by atoms with Gasteiger partial charge in [-0.15, -0.1) is 0 Å². The van der Waals surface area contributed by atoms with E-state index in [0.717, 1.165) is 123 Å². The van der Waals surface area contributed by atoms with Crippen LogP contribution >= 0.6 is 0 Å². The number of aliphatic imine (C=N–C) groups is 2. The summed E-state index contributed by atoms with van der Waals surface area (Å²) >= 11 is 0. The molecular weight excluding hydrogens is 723 g/mol. The Bertz CT molecular complexity index is 2430. The summed E-state index contributed by atoms with van der Waals surface area (Å²) in [4.78, 5) is 52.9. The molecule has 0 aromatic heterocycles. The Balaban J connectivity index is 0.000000151. The number of benzene rings is 4. The highest BCUT2D eigenvalue weighted by molar-refractivity contribution is 6.05. The number of hydrogen-bond acceptors (Lipinski definition) is 7. The molecule has 0 radical (unpaired) electrons. The van der Waals surface area contributed by atoms with E-state index in [-0.39, 0.29) is 17.7 Å². The van der Waals surface area contributed by atoms with Crippen LogP contribution in [-0.2, 0) is 4.79 Å². The number of rotatable bonds is 4. The van der Waals surface area contributed by atoms with Crippen LogP contribution in [0.5, 0.6) is 0 Å². The van der Waals surface area contributed by atoms with Crippen molar-refractivity contribution in [3.05, 3.63) is 113 Å². The first-order valence-corrected chi connectivity index (χ1v) is 20.7. The van der Waals surface area contributed by atoms with Crippen molar-refractivity contribution in [2.75, 3.05) is 44.2 Å². The molecule has 5 aliphatic heterocycles. The smallest absolute Gasteiger partial charge is 0.381 e. The highest BCUT2D eigenvalue weighted by Gasteiger charge is 2.60. The summed E-state index contributed by atoms with van der Waals surface area (Å²) in [6.45, 7) is 9.04. The van der Waals surface area contributed by atoms with Crippen LogP contribution in [0.25, 0.3) is 28.3 Å². The van der Waals surface area contributed by atoms with Crippen LogP contribution in [0, 0.1) is 0 Å². The van der Waals surface area contributed by atoms with Gasteiger partial charge in [0.1, 0.15) is 5.84 Å². The molecule has 5 heterocycles. The van der Waals surface area contributed by atoms with Crippen LogP contribution in [0.2, 0.25) is 0 Å². The fourth-order valence-corrected chi connectivity index (χ4v) is 8.92. The first kappa shape index (κ1) is 37.4. The van der Waals surface area contributed by atoms with Crippen molar-refractivity contribution < 1.29 is 19.0 Å². The first-order valence-electron chi connectivity index (χ1n) is 20.7. The largest absolute Gasteiger partial charge is 0.384 e. The molecule has 2 N–H and O–H groups in total. The summed E-state index contributed by atoms with van der Waals surface area (Å²) in [6.07, 6.45) is 11.2. The van der Waals surface area contributed by atoms with Gasteiger partial charge in [-0.2, -0.15) is 4.58 Å². The summed E-state index contributed by atoms with van der Waals surface area (Å²) < 4.78 is 1.73. The minimum Gasteiger partial charge on any atom is -0.381 e. The quantitative estimate of drug-likeness (QED) is 0.214. The third-order valence-corrected chi connectivity index (χ3v) is 12.3. The molecule has 3 amide bonds. The molecule has 1 aliphatic carbocycles. The lowest BCUT2D eigenvalue weighted by molar-refractivity contribution is -0.477. The lowest BCUT2D eigenvalue weighted by Gasteiger charge is -2.21. The van der Waals surface area contributed by atoms with E-state index >= 15 is 0 Å².